The summed E-state index contributed by atoms with van der Waals surface area (Å²) in [6, 6.07) is 7.45. The van der Waals surface area contributed by atoms with Gasteiger partial charge in [0.25, 0.3) is 0 Å². The van der Waals surface area contributed by atoms with Gasteiger partial charge in [-0.3, -0.25) is 14.9 Å². The largest absolute Gasteiger partial charge is 0.494 e. The number of carbonyl (C=O) groups excluding carboxylic acids is 2. The molecule has 1 fully saturated rings. The van der Waals surface area contributed by atoms with Crippen molar-refractivity contribution in [2.24, 2.45) is 0 Å². The molecule has 1 heterocycles. The van der Waals surface area contributed by atoms with Crippen LogP contribution in [0.15, 0.2) is 24.3 Å². The summed E-state index contributed by atoms with van der Waals surface area (Å²) in [4.78, 5) is 22.6. The van der Waals surface area contributed by atoms with Crippen LogP contribution in [0.1, 0.15) is 25.3 Å². The van der Waals surface area contributed by atoms with E-state index in [1.807, 2.05) is 31.2 Å². The first kappa shape index (κ1) is 13.5. The van der Waals surface area contributed by atoms with Crippen molar-refractivity contribution < 1.29 is 14.3 Å². The van der Waals surface area contributed by atoms with E-state index in [4.69, 9.17) is 4.74 Å². The van der Waals surface area contributed by atoms with Crippen LogP contribution in [-0.4, -0.2) is 24.5 Å². The Kier molecular flexibility index (Phi) is 4.52. The Hall–Kier alpha value is -1.88. The number of piperidine rings is 1. The van der Waals surface area contributed by atoms with Crippen molar-refractivity contribution in [2.75, 3.05) is 6.61 Å². The maximum absolute atomic E-state index is 11.6. The van der Waals surface area contributed by atoms with Gasteiger partial charge < -0.3 is 10.1 Å². The number of amides is 2. The van der Waals surface area contributed by atoms with Crippen LogP contribution >= 0.6 is 0 Å². The Bertz CT molecular complexity index is 474. The minimum atomic E-state index is -0.298. The summed E-state index contributed by atoms with van der Waals surface area (Å²) in [5, 5.41) is 5.49. The number of nitrogens with one attached hydrogen (secondary N) is 2. The van der Waals surface area contributed by atoms with Gasteiger partial charge >= 0.3 is 0 Å². The number of ether oxygens (including phenoxy) is 1. The smallest absolute Gasteiger partial charge is 0.243 e. The number of benzene rings is 1. The maximum atomic E-state index is 11.6. The molecule has 19 heavy (non-hydrogen) atoms. The Labute approximate surface area is 112 Å². The van der Waals surface area contributed by atoms with Crippen LogP contribution < -0.4 is 15.4 Å². The third-order valence-electron chi connectivity index (χ3n) is 3.00. The fraction of sp³-hybridized carbons (Fsp3) is 0.429. The lowest BCUT2D eigenvalue weighted by Crippen LogP contribution is -2.50. The SMILES string of the molecule is CCOc1cccc(CNC2CCC(=O)NC2=O)c1. The summed E-state index contributed by atoms with van der Waals surface area (Å²) in [5.41, 5.74) is 1.05. The van der Waals surface area contributed by atoms with E-state index in [-0.39, 0.29) is 17.9 Å². The molecule has 2 amide bonds. The van der Waals surface area contributed by atoms with Crippen LogP contribution in [0.2, 0.25) is 0 Å². The summed E-state index contributed by atoms with van der Waals surface area (Å²) in [6.07, 6.45) is 0.943. The second kappa shape index (κ2) is 6.33. The van der Waals surface area contributed by atoms with E-state index in [0.717, 1.165) is 11.3 Å². The minimum Gasteiger partial charge on any atom is -0.494 e. The molecule has 0 spiro atoms. The third kappa shape index (κ3) is 3.79. The zero-order valence-corrected chi connectivity index (χ0v) is 10.9. The molecular formula is C14H18N2O3. The van der Waals surface area contributed by atoms with Crippen LogP contribution in [0.3, 0.4) is 0 Å². The highest BCUT2D eigenvalue weighted by molar-refractivity contribution is 6.00. The molecule has 5 heteroatoms. The Morgan fingerprint density at radius 2 is 2.26 bits per heavy atom. The first-order chi connectivity index (χ1) is 9.19. The normalized spacial score (nSPS) is 19.1. The van der Waals surface area contributed by atoms with Gasteiger partial charge in [0, 0.05) is 13.0 Å². The van der Waals surface area contributed by atoms with Crippen molar-refractivity contribution in [3.8, 4) is 5.75 Å². The van der Waals surface area contributed by atoms with Gasteiger partial charge in [0.15, 0.2) is 0 Å². The molecule has 1 aliphatic heterocycles. The summed E-state index contributed by atoms with van der Waals surface area (Å²) >= 11 is 0. The van der Waals surface area contributed by atoms with E-state index in [0.29, 0.717) is 26.0 Å². The van der Waals surface area contributed by atoms with Crippen molar-refractivity contribution in [3.05, 3.63) is 29.8 Å². The van der Waals surface area contributed by atoms with Crippen LogP contribution in [0.4, 0.5) is 0 Å². The Balaban J connectivity index is 1.89. The van der Waals surface area contributed by atoms with Crippen molar-refractivity contribution in [2.45, 2.75) is 32.4 Å². The summed E-state index contributed by atoms with van der Waals surface area (Å²) in [7, 11) is 0. The lowest BCUT2D eigenvalue weighted by molar-refractivity contribution is -0.134. The van der Waals surface area contributed by atoms with Gasteiger partial charge in [-0.2, -0.15) is 0 Å². The molecule has 1 unspecified atom stereocenters. The van der Waals surface area contributed by atoms with Gasteiger partial charge in [0.05, 0.1) is 12.6 Å². The first-order valence-electron chi connectivity index (χ1n) is 6.48. The van der Waals surface area contributed by atoms with Crippen LogP contribution in [-0.2, 0) is 16.1 Å². The first-order valence-corrected chi connectivity index (χ1v) is 6.48. The third-order valence-corrected chi connectivity index (χ3v) is 3.00. The predicted molar refractivity (Wildman–Crippen MR) is 70.6 cm³/mol. The average Bonchev–Trinajstić information content (AvgIpc) is 2.38. The zero-order chi connectivity index (χ0) is 13.7. The molecular weight excluding hydrogens is 244 g/mol. The van der Waals surface area contributed by atoms with Crippen LogP contribution in [0.25, 0.3) is 0 Å². The molecule has 0 radical (unpaired) electrons. The topological polar surface area (TPSA) is 67.4 Å². The summed E-state index contributed by atoms with van der Waals surface area (Å²) in [5.74, 6) is 0.392. The highest BCUT2D eigenvalue weighted by atomic mass is 16.5. The lowest BCUT2D eigenvalue weighted by Gasteiger charge is -2.22. The molecule has 1 atom stereocenters. The molecule has 102 valence electrons. The van der Waals surface area contributed by atoms with E-state index in [2.05, 4.69) is 10.6 Å². The minimum absolute atomic E-state index is 0.193. The van der Waals surface area contributed by atoms with E-state index in [1.54, 1.807) is 0 Å². The summed E-state index contributed by atoms with van der Waals surface area (Å²) < 4.78 is 5.42. The molecule has 0 bridgehead atoms. The molecule has 0 aliphatic carbocycles. The van der Waals surface area contributed by atoms with Gasteiger partial charge in [-0.15, -0.1) is 0 Å². The number of imide groups is 1. The molecule has 1 aliphatic rings. The van der Waals surface area contributed by atoms with Crippen molar-refractivity contribution >= 4 is 11.8 Å². The van der Waals surface area contributed by atoms with E-state index in [1.165, 1.54) is 0 Å². The quantitative estimate of drug-likeness (QED) is 0.776. The Morgan fingerprint density at radius 3 is 3.00 bits per heavy atom. The van der Waals surface area contributed by atoms with Crippen LogP contribution in [0, 0.1) is 0 Å². The number of hydrogen-bond donors (Lipinski definition) is 2. The number of rotatable bonds is 5. The standard InChI is InChI=1S/C14H18N2O3/c1-2-19-11-5-3-4-10(8-11)9-15-12-6-7-13(17)16-14(12)18/h3-5,8,12,15H,2,6-7,9H2,1H3,(H,16,17,18). The van der Waals surface area contributed by atoms with Gasteiger partial charge in [-0.1, -0.05) is 12.1 Å². The van der Waals surface area contributed by atoms with E-state index >= 15 is 0 Å². The van der Waals surface area contributed by atoms with Gasteiger partial charge in [0.2, 0.25) is 11.8 Å². The zero-order valence-electron chi connectivity index (χ0n) is 10.9. The molecule has 1 aromatic rings. The van der Waals surface area contributed by atoms with E-state index in [9.17, 15) is 9.59 Å². The van der Waals surface area contributed by atoms with Gasteiger partial charge in [0.1, 0.15) is 5.75 Å². The van der Waals surface area contributed by atoms with Crippen molar-refractivity contribution in [1.82, 2.24) is 10.6 Å². The molecule has 2 rings (SSSR count). The Morgan fingerprint density at radius 1 is 1.42 bits per heavy atom. The molecule has 2 N–H and O–H groups in total. The second-order valence-corrected chi connectivity index (χ2v) is 4.47. The maximum Gasteiger partial charge on any atom is 0.243 e. The van der Waals surface area contributed by atoms with Crippen molar-refractivity contribution in [1.29, 1.82) is 0 Å². The van der Waals surface area contributed by atoms with Gasteiger partial charge in [-0.25, -0.2) is 0 Å². The second-order valence-electron chi connectivity index (χ2n) is 4.47. The highest BCUT2D eigenvalue weighted by Crippen LogP contribution is 2.14. The molecule has 1 aromatic carbocycles. The van der Waals surface area contributed by atoms with E-state index < -0.39 is 0 Å². The van der Waals surface area contributed by atoms with Crippen LogP contribution in [0.5, 0.6) is 5.75 Å². The molecule has 5 nitrogen and oxygen atoms in total. The lowest BCUT2D eigenvalue weighted by atomic mass is 10.1. The average molecular weight is 262 g/mol. The predicted octanol–water partition coefficient (Wildman–Crippen LogP) is 0.980. The molecule has 1 saturated heterocycles. The fourth-order valence-corrected chi connectivity index (χ4v) is 2.04. The molecule has 0 aromatic heterocycles. The highest BCUT2D eigenvalue weighted by Gasteiger charge is 2.25. The summed E-state index contributed by atoms with van der Waals surface area (Å²) in [6.45, 7) is 3.14. The molecule has 0 saturated carbocycles. The van der Waals surface area contributed by atoms with Crippen molar-refractivity contribution in [3.63, 3.8) is 0 Å². The van der Waals surface area contributed by atoms with Gasteiger partial charge in [-0.05, 0) is 31.0 Å². The monoisotopic (exact) mass is 262 g/mol. The number of hydrogen-bond acceptors (Lipinski definition) is 4. The fourth-order valence-electron chi connectivity index (χ4n) is 2.04. The number of carbonyl (C=O) groups is 2.